The van der Waals surface area contributed by atoms with Gasteiger partial charge in [0.15, 0.2) is 5.82 Å². The molecule has 2 aromatic rings. The van der Waals surface area contributed by atoms with Crippen LogP contribution in [0.15, 0.2) is 35.5 Å². The maximum Gasteiger partial charge on any atom is 0.156 e. The Hall–Kier alpha value is -0.550. The molecule has 1 aromatic carbocycles. The van der Waals surface area contributed by atoms with Crippen molar-refractivity contribution in [2.75, 3.05) is 0 Å². The van der Waals surface area contributed by atoms with Gasteiger partial charge in [-0.25, -0.2) is 4.98 Å². The van der Waals surface area contributed by atoms with E-state index in [-0.39, 0.29) is 22.4 Å². The van der Waals surface area contributed by atoms with Crippen LogP contribution in [0.4, 0.5) is 0 Å². The van der Waals surface area contributed by atoms with Crippen LogP contribution in [0.1, 0.15) is 0 Å². The summed E-state index contributed by atoms with van der Waals surface area (Å²) in [7, 11) is 0. The Kier molecular flexibility index (Phi) is 3.74. The van der Waals surface area contributed by atoms with Gasteiger partial charge in [-0.05, 0) is 6.07 Å². The van der Waals surface area contributed by atoms with Crippen LogP contribution in [0.3, 0.4) is 0 Å². The van der Waals surface area contributed by atoms with Crippen LogP contribution >= 0.6 is 12.6 Å². The molecule has 0 fully saturated rings. The van der Waals surface area contributed by atoms with Crippen LogP contribution in [0.2, 0.25) is 0 Å². The summed E-state index contributed by atoms with van der Waals surface area (Å²) in [5.41, 5.74) is 0.971. The van der Waals surface area contributed by atoms with Gasteiger partial charge in [-0.3, -0.25) is 5.10 Å². The van der Waals surface area contributed by atoms with Gasteiger partial charge in [-0.2, -0.15) is 5.10 Å². The molecule has 0 amide bonds. The Morgan fingerprint density at radius 1 is 1.23 bits per heavy atom. The zero-order chi connectivity index (χ0) is 8.39. The Morgan fingerprint density at radius 2 is 2.00 bits per heavy atom. The van der Waals surface area contributed by atoms with Crippen molar-refractivity contribution < 1.29 is 22.4 Å². The molecular formula is C8H7AgN3S. The van der Waals surface area contributed by atoms with E-state index < -0.39 is 0 Å². The van der Waals surface area contributed by atoms with Crippen molar-refractivity contribution >= 4 is 12.6 Å². The summed E-state index contributed by atoms with van der Waals surface area (Å²) in [5.74, 6) is 0.751. The quantitative estimate of drug-likeness (QED) is 0.619. The van der Waals surface area contributed by atoms with E-state index in [2.05, 4.69) is 27.8 Å². The van der Waals surface area contributed by atoms with Gasteiger partial charge in [0, 0.05) is 32.8 Å². The number of rotatable bonds is 1. The van der Waals surface area contributed by atoms with E-state index in [4.69, 9.17) is 0 Å². The van der Waals surface area contributed by atoms with Crippen molar-refractivity contribution in [3.05, 3.63) is 30.6 Å². The van der Waals surface area contributed by atoms with Gasteiger partial charge in [-0.15, -0.1) is 12.6 Å². The van der Waals surface area contributed by atoms with Crippen LogP contribution in [-0.2, 0) is 22.4 Å². The number of aromatic nitrogens is 3. The van der Waals surface area contributed by atoms with Crippen molar-refractivity contribution in [3.63, 3.8) is 0 Å². The first-order valence-corrected chi connectivity index (χ1v) is 3.96. The van der Waals surface area contributed by atoms with E-state index in [1.807, 2.05) is 24.3 Å². The summed E-state index contributed by atoms with van der Waals surface area (Å²) < 4.78 is 0. The second-order valence-electron chi connectivity index (χ2n) is 2.35. The fourth-order valence-corrected chi connectivity index (χ4v) is 1.28. The first-order valence-electron chi connectivity index (χ1n) is 3.51. The summed E-state index contributed by atoms with van der Waals surface area (Å²) in [6.07, 6.45) is 1.48. The molecule has 1 N–H and O–H groups in total. The smallest absolute Gasteiger partial charge is 0.156 e. The molecule has 1 aromatic heterocycles. The number of nitrogens with one attached hydrogen (secondary N) is 1. The summed E-state index contributed by atoms with van der Waals surface area (Å²) in [6.45, 7) is 0. The molecule has 0 spiro atoms. The molecule has 1 radical (unpaired) electrons. The zero-order valence-corrected chi connectivity index (χ0v) is 8.91. The van der Waals surface area contributed by atoms with E-state index in [1.165, 1.54) is 6.33 Å². The summed E-state index contributed by atoms with van der Waals surface area (Å²) in [4.78, 5) is 4.93. The molecule has 13 heavy (non-hydrogen) atoms. The Bertz CT molecular complexity index is 375. The van der Waals surface area contributed by atoms with E-state index in [1.54, 1.807) is 0 Å². The first-order chi connectivity index (χ1) is 5.88. The fourth-order valence-electron chi connectivity index (χ4n) is 1.01. The maximum atomic E-state index is 4.30. The van der Waals surface area contributed by atoms with E-state index in [0.29, 0.717) is 0 Å². The van der Waals surface area contributed by atoms with Crippen LogP contribution in [0, 0.1) is 0 Å². The second kappa shape index (κ2) is 4.62. The first kappa shape index (κ1) is 10.5. The minimum atomic E-state index is 0. The molecular weight excluding hydrogens is 278 g/mol. The fraction of sp³-hybridized carbons (Fsp3) is 0. The van der Waals surface area contributed by atoms with Crippen LogP contribution in [0.25, 0.3) is 11.4 Å². The van der Waals surface area contributed by atoms with Crippen molar-refractivity contribution in [2.45, 2.75) is 4.90 Å². The van der Waals surface area contributed by atoms with Crippen molar-refractivity contribution in [3.8, 4) is 11.4 Å². The third kappa shape index (κ3) is 2.22. The van der Waals surface area contributed by atoms with E-state index in [9.17, 15) is 0 Å². The molecule has 3 nitrogen and oxygen atoms in total. The number of hydrogen-bond donors (Lipinski definition) is 2. The molecule has 0 bridgehead atoms. The van der Waals surface area contributed by atoms with E-state index >= 15 is 0 Å². The number of hydrogen-bond acceptors (Lipinski definition) is 3. The number of nitrogens with zero attached hydrogens (tertiary/aromatic N) is 2. The standard InChI is InChI=1S/C8H7N3S.Ag/c12-7-4-2-1-3-6(7)8-9-5-10-11-8;/h1-5,12H,(H,9,10,11);. The molecule has 0 aliphatic heterocycles. The number of H-pyrrole nitrogens is 1. The number of aromatic amines is 1. The Labute approximate surface area is 96.9 Å². The van der Waals surface area contributed by atoms with Crippen LogP contribution < -0.4 is 0 Å². The third-order valence-corrected chi connectivity index (χ3v) is 1.96. The van der Waals surface area contributed by atoms with Gasteiger partial charge in [0.2, 0.25) is 0 Å². The number of thiol groups is 1. The van der Waals surface area contributed by atoms with Crippen molar-refractivity contribution in [2.24, 2.45) is 0 Å². The minimum absolute atomic E-state index is 0. The topological polar surface area (TPSA) is 41.6 Å². The Balaban J connectivity index is 0.000000845. The van der Waals surface area contributed by atoms with Crippen molar-refractivity contribution in [1.29, 1.82) is 0 Å². The molecule has 0 aliphatic rings. The van der Waals surface area contributed by atoms with Gasteiger partial charge in [0.1, 0.15) is 6.33 Å². The minimum Gasteiger partial charge on any atom is -0.259 e. The van der Waals surface area contributed by atoms with Gasteiger partial charge in [0.25, 0.3) is 0 Å². The summed E-state index contributed by atoms with van der Waals surface area (Å²) in [5, 5.41) is 6.55. The molecule has 5 heteroatoms. The molecule has 71 valence electrons. The predicted molar refractivity (Wildman–Crippen MR) is 49.1 cm³/mol. The van der Waals surface area contributed by atoms with Crippen LogP contribution in [0.5, 0.6) is 0 Å². The normalized spacial score (nSPS) is 9.31. The second-order valence-corrected chi connectivity index (χ2v) is 2.83. The average Bonchev–Trinajstić information content (AvgIpc) is 2.57. The van der Waals surface area contributed by atoms with Gasteiger partial charge in [0.05, 0.1) is 0 Å². The summed E-state index contributed by atoms with van der Waals surface area (Å²) in [6, 6.07) is 7.74. The van der Waals surface area contributed by atoms with Gasteiger partial charge < -0.3 is 0 Å². The van der Waals surface area contributed by atoms with E-state index in [0.717, 1.165) is 16.3 Å². The molecule has 0 atom stereocenters. The molecule has 1 heterocycles. The van der Waals surface area contributed by atoms with Gasteiger partial charge >= 0.3 is 0 Å². The molecule has 0 saturated carbocycles. The molecule has 0 unspecified atom stereocenters. The predicted octanol–water partition coefficient (Wildman–Crippen LogP) is 1.76. The SMILES string of the molecule is Sc1ccccc1-c1ncn[nH]1.[Ag]. The van der Waals surface area contributed by atoms with Gasteiger partial charge in [-0.1, -0.05) is 18.2 Å². The molecule has 0 aliphatic carbocycles. The average molecular weight is 285 g/mol. The third-order valence-electron chi connectivity index (χ3n) is 1.57. The monoisotopic (exact) mass is 284 g/mol. The zero-order valence-electron chi connectivity index (χ0n) is 6.53. The maximum absolute atomic E-state index is 4.30. The molecule has 0 saturated heterocycles. The Morgan fingerprint density at radius 3 is 2.62 bits per heavy atom. The number of benzene rings is 1. The van der Waals surface area contributed by atoms with Crippen molar-refractivity contribution in [1.82, 2.24) is 15.2 Å². The molecule has 2 rings (SSSR count). The largest absolute Gasteiger partial charge is 0.259 e. The summed E-state index contributed by atoms with van der Waals surface area (Å²) >= 11 is 4.30. The van der Waals surface area contributed by atoms with Crippen LogP contribution in [-0.4, -0.2) is 15.2 Å².